The first-order chi connectivity index (χ1) is 14.3. The van der Waals surface area contributed by atoms with Crippen LogP contribution < -0.4 is 10.6 Å². The van der Waals surface area contributed by atoms with Gasteiger partial charge >= 0.3 is 0 Å². The van der Waals surface area contributed by atoms with Gasteiger partial charge in [-0.25, -0.2) is 0 Å². The van der Waals surface area contributed by atoms with E-state index in [1.54, 1.807) is 13.0 Å². The Labute approximate surface area is 171 Å². The van der Waals surface area contributed by atoms with Crippen molar-refractivity contribution in [3.8, 4) is 0 Å². The van der Waals surface area contributed by atoms with E-state index in [4.69, 9.17) is 0 Å². The summed E-state index contributed by atoms with van der Waals surface area (Å²) in [5.41, 5.74) is 0.254. The first kappa shape index (κ1) is 19.4. The Bertz CT molecular complexity index is 1100. The molecule has 1 aromatic carbocycles. The first-order valence-electron chi connectivity index (χ1n) is 9.34. The largest absolute Gasteiger partial charge is 0.320 e. The molecular weight excluding hydrogens is 388 g/mol. The second-order valence-corrected chi connectivity index (χ2v) is 7.43. The van der Waals surface area contributed by atoms with Gasteiger partial charge in [0.2, 0.25) is 5.91 Å². The summed E-state index contributed by atoms with van der Waals surface area (Å²) in [7, 11) is 0. The molecule has 2 aliphatic heterocycles. The van der Waals surface area contributed by atoms with E-state index in [-0.39, 0.29) is 36.4 Å². The lowest BCUT2D eigenvalue weighted by molar-refractivity contribution is -0.142. The highest BCUT2D eigenvalue weighted by Crippen LogP contribution is 2.34. The molecule has 3 heterocycles. The Morgan fingerprint density at radius 3 is 2.47 bits per heavy atom. The van der Waals surface area contributed by atoms with Crippen LogP contribution in [0.5, 0.6) is 0 Å². The van der Waals surface area contributed by atoms with Crippen LogP contribution in [0.1, 0.15) is 56.4 Å². The summed E-state index contributed by atoms with van der Waals surface area (Å²) in [5, 5.41) is 4.56. The van der Waals surface area contributed by atoms with E-state index in [0.29, 0.717) is 11.1 Å². The van der Waals surface area contributed by atoms with Crippen LogP contribution in [0.3, 0.4) is 0 Å². The number of hydrogen-bond donors (Lipinski definition) is 2. The lowest BCUT2D eigenvalue weighted by Crippen LogP contribution is -2.61. The number of rotatable bonds is 3. The quantitative estimate of drug-likeness (QED) is 0.727. The van der Waals surface area contributed by atoms with Gasteiger partial charge in [-0.05, 0) is 43.2 Å². The maximum absolute atomic E-state index is 13.0. The summed E-state index contributed by atoms with van der Waals surface area (Å²) in [5.74, 6) is -2.49. The van der Waals surface area contributed by atoms with Crippen LogP contribution in [0.2, 0.25) is 0 Å². The van der Waals surface area contributed by atoms with E-state index in [2.05, 4.69) is 15.6 Å². The summed E-state index contributed by atoms with van der Waals surface area (Å²) in [6.45, 7) is 1.82. The minimum atomic E-state index is -1.15. The first-order valence-corrected chi connectivity index (χ1v) is 9.34. The predicted octanol–water partition coefficient (Wildman–Crippen LogP) is 0.803. The van der Waals surface area contributed by atoms with E-state index in [0.717, 1.165) is 0 Å². The zero-order valence-corrected chi connectivity index (χ0v) is 16.1. The van der Waals surface area contributed by atoms with Crippen molar-refractivity contribution in [3.63, 3.8) is 0 Å². The van der Waals surface area contributed by atoms with Crippen molar-refractivity contribution in [2.45, 2.75) is 31.8 Å². The van der Waals surface area contributed by atoms with E-state index in [9.17, 15) is 24.0 Å². The fraction of sp³-hybridized carbons (Fsp3) is 0.238. The fourth-order valence-corrected chi connectivity index (χ4v) is 3.64. The van der Waals surface area contributed by atoms with E-state index in [1.165, 1.54) is 41.6 Å². The second-order valence-electron chi connectivity index (χ2n) is 7.43. The number of imide groups is 2. The van der Waals surface area contributed by atoms with Gasteiger partial charge in [-0.15, -0.1) is 0 Å². The minimum absolute atomic E-state index is 0.146. The summed E-state index contributed by atoms with van der Waals surface area (Å²) in [6, 6.07) is 7.54. The van der Waals surface area contributed by atoms with Gasteiger partial charge in [0.05, 0.1) is 0 Å². The lowest BCUT2D eigenvalue weighted by atomic mass is 9.89. The van der Waals surface area contributed by atoms with Gasteiger partial charge in [0, 0.05) is 42.0 Å². The average Bonchev–Trinajstić information content (AvgIpc) is 3.08. The number of pyridine rings is 1. The summed E-state index contributed by atoms with van der Waals surface area (Å²) >= 11 is 0. The molecule has 1 aromatic heterocycles. The fourth-order valence-electron chi connectivity index (χ4n) is 3.64. The lowest BCUT2D eigenvalue weighted by Gasteiger charge is -2.39. The van der Waals surface area contributed by atoms with Crippen molar-refractivity contribution in [1.29, 1.82) is 0 Å². The third-order valence-electron chi connectivity index (χ3n) is 5.52. The average molecular weight is 406 g/mol. The number of carbonyl (C=O) groups excluding carboxylic acids is 5. The summed E-state index contributed by atoms with van der Waals surface area (Å²) in [6.07, 6.45) is 3.26. The Balaban J connectivity index is 1.54. The summed E-state index contributed by atoms with van der Waals surface area (Å²) < 4.78 is 0. The maximum atomic E-state index is 13.0. The van der Waals surface area contributed by atoms with E-state index >= 15 is 0 Å². The van der Waals surface area contributed by atoms with Crippen molar-refractivity contribution < 1.29 is 24.0 Å². The molecule has 0 saturated carbocycles. The number of aromatic nitrogens is 1. The van der Waals surface area contributed by atoms with Crippen molar-refractivity contribution in [3.05, 3.63) is 65.0 Å². The van der Waals surface area contributed by atoms with Crippen LogP contribution in [-0.4, -0.2) is 45.0 Å². The number of nitrogens with one attached hydrogen (secondary N) is 2. The molecule has 1 saturated heterocycles. The zero-order chi connectivity index (χ0) is 21.5. The van der Waals surface area contributed by atoms with Gasteiger partial charge < -0.3 is 4.90 Å². The number of benzene rings is 1. The van der Waals surface area contributed by atoms with Crippen LogP contribution >= 0.6 is 0 Å². The molecule has 9 heteroatoms. The van der Waals surface area contributed by atoms with Gasteiger partial charge in [-0.3, -0.25) is 39.6 Å². The predicted molar refractivity (Wildman–Crippen MR) is 103 cm³/mol. The molecule has 0 unspecified atom stereocenters. The Morgan fingerprint density at radius 2 is 1.77 bits per heavy atom. The normalized spacial score (nSPS) is 20.6. The SMILES string of the molecule is C[C@]1(N2Cc3ccc(C(=O)NC(=O)c4ccncc4)cc3C2=O)CCC(=O)NC1=O. The molecule has 2 aliphatic rings. The van der Waals surface area contributed by atoms with Gasteiger partial charge in [-0.2, -0.15) is 0 Å². The molecule has 1 fully saturated rings. The van der Waals surface area contributed by atoms with Crippen molar-refractivity contribution in [2.75, 3.05) is 0 Å². The number of carbonyl (C=O) groups is 5. The van der Waals surface area contributed by atoms with Crippen molar-refractivity contribution in [1.82, 2.24) is 20.5 Å². The standard InChI is InChI=1S/C21H18N4O5/c1-21(7-4-16(26)23-20(21)30)25-11-14-3-2-13(10-15(14)19(25)29)18(28)24-17(27)12-5-8-22-9-6-12/h2-3,5-6,8-10H,4,7,11H2,1H3,(H,23,26,30)(H,24,27,28)/t21-/m0/s1. The zero-order valence-electron chi connectivity index (χ0n) is 16.1. The molecule has 1 atom stereocenters. The van der Waals surface area contributed by atoms with Gasteiger partial charge in [0.25, 0.3) is 23.6 Å². The molecule has 2 N–H and O–H groups in total. The number of piperidine rings is 1. The highest BCUT2D eigenvalue weighted by Gasteiger charge is 2.48. The smallest absolute Gasteiger partial charge is 0.258 e. The van der Waals surface area contributed by atoms with Crippen LogP contribution in [0.25, 0.3) is 0 Å². The van der Waals surface area contributed by atoms with Gasteiger partial charge in [0.1, 0.15) is 5.54 Å². The molecule has 5 amide bonds. The molecule has 0 bridgehead atoms. The third-order valence-corrected chi connectivity index (χ3v) is 5.52. The van der Waals surface area contributed by atoms with Gasteiger partial charge in [0.15, 0.2) is 0 Å². The third kappa shape index (κ3) is 3.24. The van der Waals surface area contributed by atoms with Crippen LogP contribution in [0.4, 0.5) is 0 Å². The highest BCUT2D eigenvalue weighted by molar-refractivity contribution is 6.12. The molecule has 0 radical (unpaired) electrons. The van der Waals surface area contributed by atoms with Crippen molar-refractivity contribution in [2.24, 2.45) is 0 Å². The number of fused-ring (bicyclic) bond motifs is 1. The van der Waals surface area contributed by atoms with Crippen LogP contribution in [0.15, 0.2) is 42.7 Å². The molecule has 152 valence electrons. The molecule has 0 spiro atoms. The topological polar surface area (TPSA) is 126 Å². The monoisotopic (exact) mass is 406 g/mol. The molecule has 0 aliphatic carbocycles. The minimum Gasteiger partial charge on any atom is -0.320 e. The maximum Gasteiger partial charge on any atom is 0.258 e. The van der Waals surface area contributed by atoms with Crippen LogP contribution in [0, 0.1) is 0 Å². The number of hydrogen-bond acceptors (Lipinski definition) is 6. The molecule has 2 aromatic rings. The highest BCUT2D eigenvalue weighted by atomic mass is 16.2. The second kappa shape index (κ2) is 7.18. The molecular formula is C21H18N4O5. The molecule has 9 nitrogen and oxygen atoms in total. The molecule has 30 heavy (non-hydrogen) atoms. The Morgan fingerprint density at radius 1 is 1.07 bits per heavy atom. The van der Waals surface area contributed by atoms with Crippen molar-refractivity contribution >= 4 is 29.5 Å². The van der Waals surface area contributed by atoms with E-state index < -0.39 is 29.2 Å². The van der Waals surface area contributed by atoms with Gasteiger partial charge in [-0.1, -0.05) is 6.07 Å². The summed E-state index contributed by atoms with van der Waals surface area (Å²) in [4.78, 5) is 66.8. The Kier molecular flexibility index (Phi) is 4.65. The van der Waals surface area contributed by atoms with Crippen LogP contribution in [-0.2, 0) is 16.1 Å². The van der Waals surface area contributed by atoms with E-state index in [1.807, 2.05) is 0 Å². The number of amides is 5. The molecule has 4 rings (SSSR count). The Hall–Kier alpha value is -3.88. The number of nitrogens with zero attached hydrogens (tertiary/aromatic N) is 2.